The zero-order chi connectivity index (χ0) is 9.90. The van der Waals surface area contributed by atoms with Crippen molar-refractivity contribution in [3.05, 3.63) is 0 Å². The number of aliphatic hydroxyl groups is 1. The Bertz CT molecular complexity index is 181. The lowest BCUT2D eigenvalue weighted by Gasteiger charge is -2.24. The number of ketones is 1. The van der Waals surface area contributed by atoms with E-state index >= 15 is 0 Å². The fourth-order valence-electron chi connectivity index (χ4n) is 1.47. The van der Waals surface area contributed by atoms with E-state index in [9.17, 15) is 9.90 Å². The molecule has 3 heteroatoms. The molecule has 0 bridgehead atoms. The summed E-state index contributed by atoms with van der Waals surface area (Å²) in [5, 5.41) is 9.48. The number of Topliss-reactive ketones (excluding diaryl/α,β-unsaturated/α-hetero) is 1. The monoisotopic (exact) mass is 186 g/mol. The van der Waals surface area contributed by atoms with Gasteiger partial charge in [0.25, 0.3) is 0 Å². The zero-order valence-corrected chi connectivity index (χ0v) is 8.38. The SMILES string of the molecule is CC(C)(O)CCC1COCCC1=O. The highest BCUT2D eigenvalue weighted by atomic mass is 16.5. The van der Waals surface area contributed by atoms with Crippen molar-refractivity contribution in [3.63, 3.8) is 0 Å². The lowest BCUT2D eigenvalue weighted by atomic mass is 9.90. The Balaban J connectivity index is 2.31. The van der Waals surface area contributed by atoms with Crippen LogP contribution in [0.3, 0.4) is 0 Å². The van der Waals surface area contributed by atoms with E-state index in [1.54, 1.807) is 13.8 Å². The summed E-state index contributed by atoms with van der Waals surface area (Å²) in [5.74, 6) is 0.302. The molecule has 1 N–H and O–H groups in total. The molecule has 0 amide bonds. The second-order valence-corrected chi connectivity index (χ2v) is 4.34. The minimum atomic E-state index is -0.669. The van der Waals surface area contributed by atoms with Crippen LogP contribution in [-0.4, -0.2) is 29.7 Å². The van der Waals surface area contributed by atoms with Gasteiger partial charge in [-0.05, 0) is 26.7 Å². The molecule has 1 saturated heterocycles. The third kappa shape index (κ3) is 3.87. The quantitative estimate of drug-likeness (QED) is 0.719. The van der Waals surface area contributed by atoms with Crippen LogP contribution in [0.4, 0.5) is 0 Å². The minimum Gasteiger partial charge on any atom is -0.390 e. The minimum absolute atomic E-state index is 0.0141. The molecule has 1 heterocycles. The number of rotatable bonds is 3. The third-order valence-corrected chi connectivity index (χ3v) is 2.37. The van der Waals surface area contributed by atoms with Crippen LogP contribution < -0.4 is 0 Å². The van der Waals surface area contributed by atoms with E-state index < -0.39 is 5.60 Å². The predicted molar refractivity (Wildman–Crippen MR) is 49.5 cm³/mol. The van der Waals surface area contributed by atoms with Gasteiger partial charge in [-0.3, -0.25) is 4.79 Å². The Hall–Kier alpha value is -0.410. The van der Waals surface area contributed by atoms with Crippen molar-refractivity contribution in [2.24, 2.45) is 5.92 Å². The summed E-state index contributed by atoms with van der Waals surface area (Å²) in [5.41, 5.74) is -0.669. The lowest BCUT2D eigenvalue weighted by Crippen LogP contribution is -2.30. The highest BCUT2D eigenvalue weighted by Gasteiger charge is 2.24. The first-order chi connectivity index (χ1) is 5.99. The van der Waals surface area contributed by atoms with Gasteiger partial charge in [-0.2, -0.15) is 0 Å². The number of carbonyl (C=O) groups excluding carboxylic acids is 1. The van der Waals surface area contributed by atoms with Crippen molar-refractivity contribution >= 4 is 5.78 Å². The molecule has 13 heavy (non-hydrogen) atoms. The average Bonchev–Trinajstić information content (AvgIpc) is 2.01. The zero-order valence-electron chi connectivity index (χ0n) is 8.38. The van der Waals surface area contributed by atoms with E-state index in [1.807, 2.05) is 0 Å². The Labute approximate surface area is 79.1 Å². The van der Waals surface area contributed by atoms with Gasteiger partial charge in [0.15, 0.2) is 0 Å². The standard InChI is InChI=1S/C10H18O3/c1-10(2,12)5-3-8-7-13-6-4-9(8)11/h8,12H,3-7H2,1-2H3. The first-order valence-electron chi connectivity index (χ1n) is 4.82. The Morgan fingerprint density at radius 1 is 1.62 bits per heavy atom. The molecule has 0 aromatic carbocycles. The van der Waals surface area contributed by atoms with Gasteiger partial charge in [0.05, 0.1) is 18.8 Å². The van der Waals surface area contributed by atoms with Crippen molar-refractivity contribution < 1.29 is 14.6 Å². The van der Waals surface area contributed by atoms with Gasteiger partial charge in [-0.25, -0.2) is 0 Å². The van der Waals surface area contributed by atoms with Crippen LogP contribution in [-0.2, 0) is 9.53 Å². The fourth-order valence-corrected chi connectivity index (χ4v) is 1.47. The Morgan fingerprint density at radius 2 is 2.31 bits per heavy atom. The number of hydrogen-bond acceptors (Lipinski definition) is 3. The van der Waals surface area contributed by atoms with Crippen LogP contribution in [0.2, 0.25) is 0 Å². The van der Waals surface area contributed by atoms with Crippen LogP contribution in [0.5, 0.6) is 0 Å². The van der Waals surface area contributed by atoms with Gasteiger partial charge < -0.3 is 9.84 Å². The van der Waals surface area contributed by atoms with Gasteiger partial charge in [0.2, 0.25) is 0 Å². The average molecular weight is 186 g/mol. The number of hydrogen-bond donors (Lipinski definition) is 1. The van der Waals surface area contributed by atoms with E-state index in [1.165, 1.54) is 0 Å². The topological polar surface area (TPSA) is 46.5 Å². The van der Waals surface area contributed by atoms with Crippen molar-refractivity contribution in [1.82, 2.24) is 0 Å². The van der Waals surface area contributed by atoms with Gasteiger partial charge in [-0.1, -0.05) is 0 Å². The maximum atomic E-state index is 11.3. The summed E-state index contributed by atoms with van der Waals surface area (Å²) in [6, 6.07) is 0. The first-order valence-corrected chi connectivity index (χ1v) is 4.82. The molecule has 0 spiro atoms. The largest absolute Gasteiger partial charge is 0.390 e. The maximum Gasteiger partial charge on any atom is 0.140 e. The summed E-state index contributed by atoms with van der Waals surface area (Å²) in [6.07, 6.45) is 1.94. The van der Waals surface area contributed by atoms with Gasteiger partial charge >= 0.3 is 0 Å². The van der Waals surface area contributed by atoms with E-state index in [-0.39, 0.29) is 11.7 Å². The van der Waals surface area contributed by atoms with Gasteiger partial charge in [0.1, 0.15) is 5.78 Å². The van der Waals surface area contributed by atoms with Crippen LogP contribution in [0.15, 0.2) is 0 Å². The molecule has 1 aliphatic heterocycles. The third-order valence-electron chi connectivity index (χ3n) is 2.37. The Morgan fingerprint density at radius 3 is 2.85 bits per heavy atom. The molecule has 0 aromatic heterocycles. The van der Waals surface area contributed by atoms with Crippen LogP contribution in [0.1, 0.15) is 33.1 Å². The molecular formula is C10H18O3. The first kappa shape index (κ1) is 10.7. The second kappa shape index (κ2) is 4.20. The molecule has 0 radical (unpaired) electrons. The lowest BCUT2D eigenvalue weighted by molar-refractivity contribution is -0.131. The molecule has 3 nitrogen and oxygen atoms in total. The normalized spacial score (nSPS) is 24.8. The molecule has 76 valence electrons. The van der Waals surface area contributed by atoms with E-state index in [4.69, 9.17) is 4.74 Å². The number of carbonyl (C=O) groups is 1. The highest BCUT2D eigenvalue weighted by Crippen LogP contribution is 2.20. The van der Waals surface area contributed by atoms with Crippen LogP contribution in [0.25, 0.3) is 0 Å². The summed E-state index contributed by atoms with van der Waals surface area (Å²) < 4.78 is 5.22. The molecule has 1 fully saturated rings. The summed E-state index contributed by atoms with van der Waals surface area (Å²) in [4.78, 5) is 11.3. The van der Waals surface area contributed by atoms with Gasteiger partial charge in [-0.15, -0.1) is 0 Å². The van der Waals surface area contributed by atoms with Crippen LogP contribution >= 0.6 is 0 Å². The Kier molecular flexibility index (Phi) is 3.45. The molecule has 0 aromatic rings. The van der Waals surface area contributed by atoms with E-state index in [2.05, 4.69) is 0 Å². The summed E-state index contributed by atoms with van der Waals surface area (Å²) in [7, 11) is 0. The second-order valence-electron chi connectivity index (χ2n) is 4.34. The molecule has 1 unspecified atom stereocenters. The molecule has 1 aliphatic rings. The molecule has 1 rings (SSSR count). The summed E-state index contributed by atoms with van der Waals surface area (Å²) in [6.45, 7) is 4.63. The maximum absolute atomic E-state index is 11.3. The van der Waals surface area contributed by atoms with Crippen molar-refractivity contribution in [1.29, 1.82) is 0 Å². The van der Waals surface area contributed by atoms with Gasteiger partial charge in [0, 0.05) is 12.3 Å². The molecule has 1 atom stereocenters. The summed E-state index contributed by atoms with van der Waals surface area (Å²) >= 11 is 0. The van der Waals surface area contributed by atoms with E-state index in [0.717, 1.165) is 6.42 Å². The van der Waals surface area contributed by atoms with Crippen molar-refractivity contribution in [2.45, 2.75) is 38.7 Å². The fraction of sp³-hybridized carbons (Fsp3) is 0.900. The molecular weight excluding hydrogens is 168 g/mol. The predicted octanol–water partition coefficient (Wildman–Crippen LogP) is 1.14. The van der Waals surface area contributed by atoms with Crippen molar-refractivity contribution in [2.75, 3.05) is 13.2 Å². The van der Waals surface area contributed by atoms with Crippen molar-refractivity contribution in [3.8, 4) is 0 Å². The van der Waals surface area contributed by atoms with Crippen LogP contribution in [0, 0.1) is 5.92 Å². The molecule has 0 aliphatic carbocycles. The number of ether oxygens (including phenoxy) is 1. The smallest absolute Gasteiger partial charge is 0.140 e. The molecule has 0 saturated carbocycles. The van der Waals surface area contributed by atoms with E-state index in [0.29, 0.717) is 26.1 Å². The highest BCUT2D eigenvalue weighted by molar-refractivity contribution is 5.81.